The smallest absolute Gasteiger partial charge is 0.120 e. The summed E-state index contributed by atoms with van der Waals surface area (Å²) in [6.07, 6.45) is 1.28. The van der Waals surface area contributed by atoms with Crippen LogP contribution in [0.2, 0.25) is 0 Å². The number of hydrogen-bond donors (Lipinski definition) is 1. The van der Waals surface area contributed by atoms with Gasteiger partial charge in [0, 0.05) is 26.1 Å². The van der Waals surface area contributed by atoms with Gasteiger partial charge in [-0.2, -0.15) is 0 Å². The summed E-state index contributed by atoms with van der Waals surface area (Å²) in [4.78, 5) is 0. The second-order valence-electron chi connectivity index (χ2n) is 5.13. The number of rotatable bonds is 3. The third-order valence-corrected chi connectivity index (χ3v) is 3.65. The van der Waals surface area contributed by atoms with Gasteiger partial charge < -0.3 is 14.6 Å². The number of aliphatic hydroxyl groups is 1. The van der Waals surface area contributed by atoms with Crippen molar-refractivity contribution in [2.75, 3.05) is 19.8 Å². The maximum Gasteiger partial charge on any atom is 0.120 e. The minimum atomic E-state index is -0.746. The van der Waals surface area contributed by atoms with E-state index in [9.17, 15) is 5.11 Å². The largest absolute Gasteiger partial charge is 0.491 e. The van der Waals surface area contributed by atoms with Gasteiger partial charge in [0.05, 0.1) is 0 Å². The van der Waals surface area contributed by atoms with Crippen LogP contribution in [-0.2, 0) is 4.74 Å². The van der Waals surface area contributed by atoms with E-state index in [4.69, 9.17) is 9.47 Å². The first-order chi connectivity index (χ1) is 9.25. The number of fused-ring (bicyclic) bond motifs is 1. The van der Waals surface area contributed by atoms with Crippen LogP contribution in [0, 0.1) is 0 Å². The van der Waals surface area contributed by atoms with Gasteiger partial charge in [0.2, 0.25) is 0 Å². The Morgan fingerprint density at radius 3 is 2.58 bits per heavy atom. The Balaban J connectivity index is 1.71. The molecule has 0 bridgehead atoms. The van der Waals surface area contributed by atoms with E-state index in [1.165, 1.54) is 5.39 Å². The molecule has 0 amide bonds. The molecule has 1 fully saturated rings. The highest BCUT2D eigenvalue weighted by molar-refractivity contribution is 5.83. The molecular weight excluding hydrogens is 240 g/mol. The van der Waals surface area contributed by atoms with Gasteiger partial charge in [0.1, 0.15) is 18.0 Å². The molecule has 0 atom stereocenters. The van der Waals surface area contributed by atoms with E-state index in [1.54, 1.807) is 0 Å². The van der Waals surface area contributed by atoms with E-state index in [0.717, 1.165) is 11.1 Å². The molecule has 1 saturated heterocycles. The molecule has 2 aromatic rings. The lowest BCUT2D eigenvalue weighted by atomic mass is 9.96. The second kappa shape index (κ2) is 5.19. The molecule has 1 N–H and O–H groups in total. The first kappa shape index (κ1) is 12.5. The maximum atomic E-state index is 10.3. The summed E-state index contributed by atoms with van der Waals surface area (Å²) in [6.45, 7) is 1.55. The molecule has 3 nitrogen and oxygen atoms in total. The molecule has 100 valence electrons. The summed E-state index contributed by atoms with van der Waals surface area (Å²) in [5, 5.41) is 12.7. The lowest BCUT2D eigenvalue weighted by Crippen LogP contribution is -2.41. The van der Waals surface area contributed by atoms with Gasteiger partial charge in [-0.1, -0.05) is 30.3 Å². The average molecular weight is 258 g/mol. The van der Waals surface area contributed by atoms with Crippen molar-refractivity contribution in [2.45, 2.75) is 18.4 Å². The molecule has 1 aliphatic rings. The average Bonchev–Trinajstić information content (AvgIpc) is 2.46. The number of hydrogen-bond acceptors (Lipinski definition) is 3. The van der Waals surface area contributed by atoms with Gasteiger partial charge >= 0.3 is 0 Å². The predicted octanol–water partition coefficient (Wildman–Crippen LogP) is 2.76. The van der Waals surface area contributed by atoms with Crippen molar-refractivity contribution in [3.05, 3.63) is 42.5 Å². The molecular formula is C16H18O3. The molecule has 2 aromatic carbocycles. The number of ether oxygens (including phenoxy) is 2. The van der Waals surface area contributed by atoms with Gasteiger partial charge in [-0.05, 0) is 22.9 Å². The molecule has 19 heavy (non-hydrogen) atoms. The predicted molar refractivity (Wildman–Crippen MR) is 74.4 cm³/mol. The van der Waals surface area contributed by atoms with Crippen molar-refractivity contribution in [1.29, 1.82) is 0 Å². The van der Waals surface area contributed by atoms with Crippen LogP contribution in [0.4, 0.5) is 0 Å². The van der Waals surface area contributed by atoms with Crippen LogP contribution in [0.3, 0.4) is 0 Å². The van der Waals surface area contributed by atoms with Crippen molar-refractivity contribution < 1.29 is 14.6 Å². The Kier molecular flexibility index (Phi) is 3.40. The van der Waals surface area contributed by atoms with Gasteiger partial charge in [-0.15, -0.1) is 0 Å². The minimum Gasteiger partial charge on any atom is -0.491 e. The minimum absolute atomic E-state index is 0.328. The SMILES string of the molecule is OC1(COc2ccc3ccccc3c2)CCOCC1. The van der Waals surface area contributed by atoms with Crippen LogP contribution >= 0.6 is 0 Å². The Morgan fingerprint density at radius 2 is 1.79 bits per heavy atom. The van der Waals surface area contributed by atoms with Gasteiger partial charge in [0.15, 0.2) is 0 Å². The van der Waals surface area contributed by atoms with Crippen LogP contribution in [0.25, 0.3) is 10.8 Å². The summed E-state index contributed by atoms with van der Waals surface area (Å²) in [7, 11) is 0. The molecule has 3 rings (SSSR count). The van der Waals surface area contributed by atoms with Crippen molar-refractivity contribution in [3.8, 4) is 5.75 Å². The monoisotopic (exact) mass is 258 g/mol. The highest BCUT2D eigenvalue weighted by atomic mass is 16.5. The lowest BCUT2D eigenvalue weighted by molar-refractivity contribution is -0.0855. The maximum absolute atomic E-state index is 10.3. The van der Waals surface area contributed by atoms with E-state index in [2.05, 4.69) is 12.1 Å². The summed E-state index contributed by atoms with van der Waals surface area (Å²) < 4.78 is 11.0. The Labute approximate surface area is 112 Å². The van der Waals surface area contributed by atoms with Crippen molar-refractivity contribution >= 4 is 10.8 Å². The Morgan fingerprint density at radius 1 is 1.05 bits per heavy atom. The zero-order valence-corrected chi connectivity index (χ0v) is 10.8. The molecule has 0 aliphatic carbocycles. The van der Waals surface area contributed by atoms with Crippen LogP contribution < -0.4 is 4.74 Å². The fraction of sp³-hybridized carbons (Fsp3) is 0.375. The van der Waals surface area contributed by atoms with E-state index in [1.807, 2.05) is 30.3 Å². The molecule has 0 spiro atoms. The van der Waals surface area contributed by atoms with E-state index in [-0.39, 0.29) is 0 Å². The molecule has 0 aromatic heterocycles. The molecule has 0 saturated carbocycles. The standard InChI is InChI=1S/C16H18O3/c17-16(7-9-18-10-8-16)12-19-15-6-5-13-3-1-2-4-14(13)11-15/h1-6,11,17H,7-10,12H2. The van der Waals surface area contributed by atoms with E-state index < -0.39 is 5.60 Å². The van der Waals surface area contributed by atoms with Crippen molar-refractivity contribution in [2.24, 2.45) is 0 Å². The summed E-state index contributed by atoms with van der Waals surface area (Å²) >= 11 is 0. The van der Waals surface area contributed by atoms with Crippen LogP contribution in [-0.4, -0.2) is 30.5 Å². The van der Waals surface area contributed by atoms with Crippen LogP contribution in [0.1, 0.15) is 12.8 Å². The molecule has 0 unspecified atom stereocenters. The topological polar surface area (TPSA) is 38.7 Å². The normalized spacial score (nSPS) is 18.4. The third-order valence-electron chi connectivity index (χ3n) is 3.65. The molecule has 0 radical (unpaired) electrons. The van der Waals surface area contributed by atoms with Crippen molar-refractivity contribution in [3.63, 3.8) is 0 Å². The fourth-order valence-electron chi connectivity index (χ4n) is 2.37. The summed E-state index contributed by atoms with van der Waals surface area (Å²) in [5.41, 5.74) is -0.746. The fourth-order valence-corrected chi connectivity index (χ4v) is 2.37. The summed E-state index contributed by atoms with van der Waals surface area (Å²) in [6, 6.07) is 14.2. The first-order valence-corrected chi connectivity index (χ1v) is 6.67. The third kappa shape index (κ3) is 2.88. The molecule has 3 heteroatoms. The Bertz CT molecular complexity index is 559. The van der Waals surface area contributed by atoms with Gasteiger partial charge in [0.25, 0.3) is 0 Å². The zero-order valence-electron chi connectivity index (χ0n) is 10.8. The van der Waals surface area contributed by atoms with Gasteiger partial charge in [-0.25, -0.2) is 0 Å². The van der Waals surface area contributed by atoms with Gasteiger partial charge in [-0.3, -0.25) is 0 Å². The van der Waals surface area contributed by atoms with Crippen LogP contribution in [0.5, 0.6) is 5.75 Å². The zero-order chi connectivity index (χ0) is 13.1. The van der Waals surface area contributed by atoms with E-state index >= 15 is 0 Å². The summed E-state index contributed by atoms with van der Waals surface area (Å²) in [5.74, 6) is 0.804. The quantitative estimate of drug-likeness (QED) is 0.920. The molecule has 1 heterocycles. The molecule has 1 aliphatic heterocycles. The van der Waals surface area contributed by atoms with E-state index in [0.29, 0.717) is 32.7 Å². The van der Waals surface area contributed by atoms with Crippen LogP contribution in [0.15, 0.2) is 42.5 Å². The lowest BCUT2D eigenvalue weighted by Gasteiger charge is -2.31. The highest BCUT2D eigenvalue weighted by Gasteiger charge is 2.30. The number of benzene rings is 2. The highest BCUT2D eigenvalue weighted by Crippen LogP contribution is 2.24. The first-order valence-electron chi connectivity index (χ1n) is 6.67. The Hall–Kier alpha value is -1.58. The van der Waals surface area contributed by atoms with Crippen molar-refractivity contribution in [1.82, 2.24) is 0 Å². The second-order valence-corrected chi connectivity index (χ2v) is 5.13.